The molecule has 102 valence electrons. The van der Waals surface area contributed by atoms with Crippen LogP contribution in [-0.4, -0.2) is 10.6 Å². The third kappa shape index (κ3) is 3.58. The zero-order valence-electron chi connectivity index (χ0n) is 11.6. The summed E-state index contributed by atoms with van der Waals surface area (Å²) in [7, 11) is 0. The molecule has 0 bridgehead atoms. The van der Waals surface area contributed by atoms with E-state index in [9.17, 15) is 4.79 Å². The van der Waals surface area contributed by atoms with Crippen molar-refractivity contribution < 1.29 is 4.42 Å². The van der Waals surface area contributed by atoms with E-state index < -0.39 is 0 Å². The molecule has 0 unspecified atom stereocenters. The van der Waals surface area contributed by atoms with Crippen LogP contribution in [0.15, 0.2) is 39.5 Å². The molecule has 0 aliphatic rings. The van der Waals surface area contributed by atoms with Crippen molar-refractivity contribution in [2.75, 3.05) is 0 Å². The highest BCUT2D eigenvalue weighted by Crippen LogP contribution is 2.10. The molecule has 1 N–H and O–H groups in total. The number of furan rings is 1. The lowest BCUT2D eigenvalue weighted by molar-refractivity contribution is 0.424. The second-order valence-corrected chi connectivity index (χ2v) is 5.00. The summed E-state index contributed by atoms with van der Waals surface area (Å²) in [5.41, 5.74) is 0.934. The van der Waals surface area contributed by atoms with Crippen LogP contribution in [0.5, 0.6) is 0 Å². The van der Waals surface area contributed by atoms with Gasteiger partial charge in [0.15, 0.2) is 0 Å². The fourth-order valence-electron chi connectivity index (χ4n) is 1.89. The summed E-state index contributed by atoms with van der Waals surface area (Å²) in [5.74, 6) is 1.70. The van der Waals surface area contributed by atoms with Crippen molar-refractivity contribution in [1.82, 2.24) is 9.88 Å². The van der Waals surface area contributed by atoms with E-state index in [1.54, 1.807) is 16.7 Å². The number of pyridine rings is 1. The van der Waals surface area contributed by atoms with Crippen molar-refractivity contribution in [1.29, 1.82) is 0 Å². The molecule has 2 aromatic heterocycles. The molecule has 0 aromatic carbocycles. The highest BCUT2D eigenvalue weighted by molar-refractivity contribution is 5.11. The molecule has 0 amide bonds. The molecule has 0 aliphatic heterocycles. The van der Waals surface area contributed by atoms with Gasteiger partial charge in [-0.25, -0.2) is 0 Å². The summed E-state index contributed by atoms with van der Waals surface area (Å²) in [4.78, 5) is 11.8. The van der Waals surface area contributed by atoms with Crippen LogP contribution in [0, 0.1) is 6.92 Å². The van der Waals surface area contributed by atoms with Gasteiger partial charge in [0.05, 0.1) is 13.1 Å². The van der Waals surface area contributed by atoms with E-state index in [0.717, 1.165) is 17.2 Å². The normalized spacial score (nSPS) is 11.2. The summed E-state index contributed by atoms with van der Waals surface area (Å²) in [6.07, 6.45) is 0. The second-order valence-electron chi connectivity index (χ2n) is 5.00. The second kappa shape index (κ2) is 5.89. The highest BCUT2D eigenvalue weighted by atomic mass is 16.3. The molecule has 19 heavy (non-hydrogen) atoms. The number of hydrogen-bond acceptors (Lipinski definition) is 3. The smallest absolute Gasteiger partial charge is 0.251 e. The lowest BCUT2D eigenvalue weighted by atomic mass is 10.3. The van der Waals surface area contributed by atoms with Gasteiger partial charge in [0, 0.05) is 17.8 Å². The van der Waals surface area contributed by atoms with Crippen LogP contribution in [0.25, 0.3) is 0 Å². The van der Waals surface area contributed by atoms with Crippen LogP contribution in [0.4, 0.5) is 0 Å². The van der Waals surface area contributed by atoms with Crippen molar-refractivity contribution in [2.45, 2.75) is 39.9 Å². The van der Waals surface area contributed by atoms with Gasteiger partial charge < -0.3 is 14.3 Å². The molecule has 0 aliphatic carbocycles. The van der Waals surface area contributed by atoms with Gasteiger partial charge >= 0.3 is 0 Å². The Kier molecular flexibility index (Phi) is 4.22. The molecule has 2 heterocycles. The maximum atomic E-state index is 11.8. The molecular formula is C15H20N2O2. The number of hydrogen-bond donors (Lipinski definition) is 1. The number of aryl methyl sites for hydroxylation is 1. The minimum Gasteiger partial charge on any atom is -0.463 e. The summed E-state index contributed by atoms with van der Waals surface area (Å²) in [6.45, 7) is 7.30. The molecule has 2 rings (SSSR count). The number of aromatic nitrogens is 1. The Bertz CT molecular complexity index is 596. The molecule has 0 atom stereocenters. The summed E-state index contributed by atoms with van der Waals surface area (Å²) in [5, 5.41) is 3.30. The third-order valence-electron chi connectivity index (χ3n) is 2.98. The summed E-state index contributed by atoms with van der Waals surface area (Å²) >= 11 is 0. The first-order valence-electron chi connectivity index (χ1n) is 6.53. The van der Waals surface area contributed by atoms with Crippen LogP contribution >= 0.6 is 0 Å². The van der Waals surface area contributed by atoms with E-state index in [-0.39, 0.29) is 5.56 Å². The van der Waals surface area contributed by atoms with Crippen LogP contribution in [0.3, 0.4) is 0 Å². The van der Waals surface area contributed by atoms with Crippen LogP contribution in [-0.2, 0) is 13.1 Å². The Balaban J connectivity index is 2.10. The van der Waals surface area contributed by atoms with E-state index in [1.165, 1.54) is 0 Å². The van der Waals surface area contributed by atoms with E-state index in [0.29, 0.717) is 19.1 Å². The standard InChI is InChI=1S/C15H20N2O2/c1-11(2)16-9-13-7-8-14(19-13)10-17-12(3)5-4-6-15(17)18/h4-8,11,16H,9-10H2,1-3H3. The molecule has 0 fully saturated rings. The quantitative estimate of drug-likeness (QED) is 0.897. The fraction of sp³-hybridized carbons (Fsp3) is 0.400. The van der Waals surface area contributed by atoms with Gasteiger partial charge in [0.2, 0.25) is 0 Å². The topological polar surface area (TPSA) is 47.2 Å². The first kappa shape index (κ1) is 13.6. The largest absolute Gasteiger partial charge is 0.463 e. The number of nitrogens with zero attached hydrogens (tertiary/aromatic N) is 1. The van der Waals surface area contributed by atoms with Crippen molar-refractivity contribution in [3.05, 3.63) is 57.9 Å². The predicted molar refractivity (Wildman–Crippen MR) is 75.2 cm³/mol. The highest BCUT2D eigenvalue weighted by Gasteiger charge is 2.06. The van der Waals surface area contributed by atoms with Gasteiger partial charge in [-0.3, -0.25) is 4.79 Å². The Labute approximate surface area is 113 Å². The van der Waals surface area contributed by atoms with Crippen molar-refractivity contribution in [2.24, 2.45) is 0 Å². The average molecular weight is 260 g/mol. The number of nitrogens with one attached hydrogen (secondary N) is 1. The Morgan fingerprint density at radius 3 is 2.63 bits per heavy atom. The van der Waals surface area contributed by atoms with E-state index in [2.05, 4.69) is 19.2 Å². The van der Waals surface area contributed by atoms with Crippen molar-refractivity contribution in [3.8, 4) is 0 Å². The minimum absolute atomic E-state index is 0.00162. The van der Waals surface area contributed by atoms with Crippen LogP contribution in [0.1, 0.15) is 31.1 Å². The van der Waals surface area contributed by atoms with Crippen LogP contribution < -0.4 is 10.9 Å². The monoisotopic (exact) mass is 260 g/mol. The fourth-order valence-corrected chi connectivity index (χ4v) is 1.89. The predicted octanol–water partition coefficient (Wildman–Crippen LogP) is 2.30. The molecule has 0 saturated carbocycles. The maximum Gasteiger partial charge on any atom is 0.251 e. The third-order valence-corrected chi connectivity index (χ3v) is 2.98. The Morgan fingerprint density at radius 1 is 1.21 bits per heavy atom. The first-order chi connectivity index (χ1) is 9.06. The van der Waals surface area contributed by atoms with Gasteiger partial charge in [0.25, 0.3) is 5.56 Å². The molecular weight excluding hydrogens is 240 g/mol. The molecule has 0 spiro atoms. The zero-order valence-corrected chi connectivity index (χ0v) is 11.6. The average Bonchev–Trinajstić information content (AvgIpc) is 2.79. The minimum atomic E-state index is -0.00162. The molecule has 2 aromatic rings. The SMILES string of the molecule is Cc1cccc(=O)n1Cc1ccc(CNC(C)C)o1. The molecule has 0 radical (unpaired) electrons. The lowest BCUT2D eigenvalue weighted by Gasteiger charge is -2.07. The summed E-state index contributed by atoms with van der Waals surface area (Å²) < 4.78 is 7.43. The zero-order chi connectivity index (χ0) is 13.8. The first-order valence-corrected chi connectivity index (χ1v) is 6.53. The van der Waals surface area contributed by atoms with Crippen molar-refractivity contribution in [3.63, 3.8) is 0 Å². The molecule has 4 nitrogen and oxygen atoms in total. The summed E-state index contributed by atoms with van der Waals surface area (Å²) in [6, 6.07) is 9.56. The Morgan fingerprint density at radius 2 is 1.95 bits per heavy atom. The van der Waals surface area contributed by atoms with Gasteiger partial charge in [0.1, 0.15) is 11.5 Å². The molecule has 4 heteroatoms. The Hall–Kier alpha value is -1.81. The van der Waals surface area contributed by atoms with Crippen LogP contribution in [0.2, 0.25) is 0 Å². The van der Waals surface area contributed by atoms with Gasteiger partial charge in [-0.1, -0.05) is 19.9 Å². The van der Waals surface area contributed by atoms with E-state index in [1.807, 2.05) is 25.1 Å². The van der Waals surface area contributed by atoms with Gasteiger partial charge in [-0.15, -0.1) is 0 Å². The van der Waals surface area contributed by atoms with Crippen molar-refractivity contribution >= 4 is 0 Å². The van der Waals surface area contributed by atoms with E-state index >= 15 is 0 Å². The van der Waals surface area contributed by atoms with Gasteiger partial charge in [-0.2, -0.15) is 0 Å². The van der Waals surface area contributed by atoms with E-state index in [4.69, 9.17) is 4.42 Å². The number of rotatable bonds is 5. The maximum absolute atomic E-state index is 11.8. The lowest BCUT2D eigenvalue weighted by Crippen LogP contribution is -2.22. The van der Waals surface area contributed by atoms with Gasteiger partial charge in [-0.05, 0) is 25.1 Å². The molecule has 0 saturated heterocycles.